The molecule has 4 nitrogen and oxygen atoms in total. The summed E-state index contributed by atoms with van der Waals surface area (Å²) in [7, 11) is 0. The molecule has 0 aromatic carbocycles. The number of nitrogens with one attached hydrogen (secondary N) is 1. The van der Waals surface area contributed by atoms with Gasteiger partial charge in [-0.2, -0.15) is 0 Å². The van der Waals surface area contributed by atoms with Crippen molar-refractivity contribution in [3.8, 4) is 0 Å². The lowest BCUT2D eigenvalue weighted by atomic mass is 9.87. The summed E-state index contributed by atoms with van der Waals surface area (Å²) in [6.45, 7) is 11.8. The third-order valence-electron chi connectivity index (χ3n) is 4.40. The lowest BCUT2D eigenvalue weighted by molar-refractivity contribution is 0.122. The van der Waals surface area contributed by atoms with E-state index in [-0.39, 0.29) is 17.6 Å². The average molecular weight is 298 g/mol. The van der Waals surface area contributed by atoms with E-state index >= 15 is 0 Å². The van der Waals surface area contributed by atoms with Crippen LogP contribution in [0.25, 0.3) is 0 Å². The van der Waals surface area contributed by atoms with Crippen molar-refractivity contribution < 1.29 is 9.90 Å². The maximum Gasteiger partial charge on any atom is 0.317 e. The normalized spacial score (nSPS) is 22.0. The monoisotopic (exact) mass is 298 g/mol. The summed E-state index contributed by atoms with van der Waals surface area (Å²) < 4.78 is 0. The van der Waals surface area contributed by atoms with E-state index in [1.54, 1.807) is 6.92 Å². The lowest BCUT2D eigenvalue weighted by Crippen LogP contribution is -2.50. The zero-order chi connectivity index (χ0) is 16.0. The highest BCUT2D eigenvalue weighted by Gasteiger charge is 2.29. The number of hydrogen-bond acceptors (Lipinski definition) is 2. The molecule has 0 aromatic heterocycles. The van der Waals surface area contributed by atoms with E-state index in [0.717, 1.165) is 19.4 Å². The van der Waals surface area contributed by atoms with Gasteiger partial charge in [-0.15, -0.1) is 0 Å². The standard InChI is InChI=1S/C17H34N2O2/c1-13(2)15-9-7-6-8-10-19(15)16(21)18-12-17(4,5)11-14(3)20/h13-15,20H,6-12H2,1-5H3,(H,18,21). The van der Waals surface area contributed by atoms with Crippen molar-refractivity contribution in [2.75, 3.05) is 13.1 Å². The maximum atomic E-state index is 12.6. The first-order chi connectivity index (χ1) is 9.73. The number of nitrogens with zero attached hydrogens (tertiary/aromatic N) is 1. The topological polar surface area (TPSA) is 52.6 Å². The highest BCUT2D eigenvalue weighted by molar-refractivity contribution is 5.74. The van der Waals surface area contributed by atoms with E-state index in [1.165, 1.54) is 12.8 Å². The molecular weight excluding hydrogens is 264 g/mol. The number of urea groups is 1. The Morgan fingerprint density at radius 2 is 1.95 bits per heavy atom. The van der Waals surface area contributed by atoms with E-state index in [2.05, 4.69) is 33.0 Å². The third-order valence-corrected chi connectivity index (χ3v) is 4.40. The van der Waals surface area contributed by atoms with Gasteiger partial charge in [0.1, 0.15) is 0 Å². The SMILES string of the molecule is CC(O)CC(C)(C)CNC(=O)N1CCCCCC1C(C)C. The molecule has 21 heavy (non-hydrogen) atoms. The van der Waals surface area contributed by atoms with E-state index in [9.17, 15) is 9.90 Å². The van der Waals surface area contributed by atoms with Crippen LogP contribution >= 0.6 is 0 Å². The minimum atomic E-state index is -0.335. The van der Waals surface area contributed by atoms with Crippen LogP contribution < -0.4 is 5.32 Å². The number of rotatable bonds is 5. The Balaban J connectivity index is 2.59. The number of likely N-dealkylation sites (tertiary alicyclic amines) is 1. The Bertz CT molecular complexity index is 327. The fourth-order valence-corrected chi connectivity index (χ4v) is 3.37. The van der Waals surface area contributed by atoms with Crippen molar-refractivity contribution in [1.82, 2.24) is 10.2 Å². The van der Waals surface area contributed by atoms with E-state index in [1.807, 2.05) is 4.90 Å². The molecule has 0 aliphatic carbocycles. The fourth-order valence-electron chi connectivity index (χ4n) is 3.37. The Hall–Kier alpha value is -0.770. The fraction of sp³-hybridized carbons (Fsp3) is 0.941. The second kappa shape index (κ2) is 8.02. The van der Waals surface area contributed by atoms with Crippen molar-refractivity contribution in [2.45, 2.75) is 78.9 Å². The van der Waals surface area contributed by atoms with Gasteiger partial charge in [0.25, 0.3) is 0 Å². The summed E-state index contributed by atoms with van der Waals surface area (Å²) in [4.78, 5) is 14.6. The highest BCUT2D eigenvalue weighted by Crippen LogP contribution is 2.24. The molecule has 0 spiro atoms. The third kappa shape index (κ3) is 6.25. The summed E-state index contributed by atoms with van der Waals surface area (Å²) in [5, 5.41) is 12.6. The van der Waals surface area contributed by atoms with Gasteiger partial charge in [-0.3, -0.25) is 0 Å². The number of hydrogen-bond donors (Lipinski definition) is 2. The van der Waals surface area contributed by atoms with Crippen molar-refractivity contribution >= 4 is 6.03 Å². The van der Waals surface area contributed by atoms with Crippen LogP contribution in [0.5, 0.6) is 0 Å². The summed E-state index contributed by atoms with van der Waals surface area (Å²) in [5.74, 6) is 0.499. The first-order valence-corrected chi connectivity index (χ1v) is 8.45. The molecule has 2 amide bonds. The molecule has 2 N–H and O–H groups in total. The minimum absolute atomic E-state index is 0.0641. The van der Waals surface area contributed by atoms with Gasteiger partial charge in [0.15, 0.2) is 0 Å². The predicted molar refractivity (Wildman–Crippen MR) is 87.3 cm³/mol. The zero-order valence-corrected chi connectivity index (χ0v) is 14.5. The number of amides is 2. The first kappa shape index (κ1) is 18.3. The minimum Gasteiger partial charge on any atom is -0.393 e. The van der Waals surface area contributed by atoms with E-state index in [4.69, 9.17) is 0 Å². The van der Waals surface area contributed by atoms with Crippen LogP contribution in [0.2, 0.25) is 0 Å². The van der Waals surface area contributed by atoms with Gasteiger partial charge in [0.2, 0.25) is 0 Å². The molecular formula is C17H34N2O2. The molecule has 4 heteroatoms. The van der Waals surface area contributed by atoms with Crippen LogP contribution in [0.15, 0.2) is 0 Å². The quantitative estimate of drug-likeness (QED) is 0.817. The van der Waals surface area contributed by atoms with Gasteiger partial charge in [0, 0.05) is 19.1 Å². The molecule has 2 unspecified atom stereocenters. The average Bonchev–Trinajstić information content (AvgIpc) is 2.60. The molecule has 124 valence electrons. The maximum absolute atomic E-state index is 12.6. The summed E-state index contributed by atoms with van der Waals surface area (Å²) in [5.41, 5.74) is -0.0804. The Morgan fingerprint density at radius 3 is 2.52 bits per heavy atom. The van der Waals surface area contributed by atoms with Gasteiger partial charge in [-0.1, -0.05) is 40.5 Å². The number of aliphatic hydroxyl groups is 1. The number of aliphatic hydroxyl groups excluding tert-OH is 1. The van der Waals surface area contributed by atoms with Crippen LogP contribution in [0.4, 0.5) is 4.79 Å². The Kier molecular flexibility index (Phi) is 6.98. The van der Waals surface area contributed by atoms with Gasteiger partial charge in [-0.25, -0.2) is 4.79 Å². The van der Waals surface area contributed by atoms with Crippen LogP contribution in [0.3, 0.4) is 0 Å². The Labute approximate surface area is 130 Å². The van der Waals surface area contributed by atoms with Gasteiger partial charge < -0.3 is 15.3 Å². The summed E-state index contributed by atoms with van der Waals surface area (Å²) in [6, 6.07) is 0.418. The van der Waals surface area contributed by atoms with E-state index < -0.39 is 0 Å². The molecule has 1 rings (SSSR count). The molecule has 0 saturated carbocycles. The molecule has 1 aliphatic rings. The number of carbonyl (C=O) groups excluding carboxylic acids is 1. The van der Waals surface area contributed by atoms with Crippen molar-refractivity contribution in [2.24, 2.45) is 11.3 Å². The van der Waals surface area contributed by atoms with Crippen molar-refractivity contribution in [3.63, 3.8) is 0 Å². The molecule has 1 fully saturated rings. The molecule has 2 atom stereocenters. The van der Waals surface area contributed by atoms with Crippen LogP contribution in [0, 0.1) is 11.3 Å². The number of carbonyl (C=O) groups is 1. The van der Waals surface area contributed by atoms with Crippen LogP contribution in [-0.4, -0.2) is 41.3 Å². The smallest absolute Gasteiger partial charge is 0.317 e. The largest absolute Gasteiger partial charge is 0.393 e. The van der Waals surface area contributed by atoms with E-state index in [0.29, 0.717) is 24.9 Å². The lowest BCUT2D eigenvalue weighted by Gasteiger charge is -2.34. The Morgan fingerprint density at radius 1 is 1.29 bits per heavy atom. The molecule has 1 heterocycles. The van der Waals surface area contributed by atoms with Gasteiger partial charge in [0.05, 0.1) is 6.10 Å². The second-order valence-electron chi connectivity index (χ2n) is 7.73. The molecule has 1 saturated heterocycles. The molecule has 0 aromatic rings. The molecule has 1 aliphatic heterocycles. The second-order valence-corrected chi connectivity index (χ2v) is 7.73. The summed E-state index contributed by atoms with van der Waals surface area (Å²) in [6.07, 6.45) is 5.02. The zero-order valence-electron chi connectivity index (χ0n) is 14.5. The molecule has 0 radical (unpaired) electrons. The van der Waals surface area contributed by atoms with Crippen LogP contribution in [-0.2, 0) is 0 Å². The van der Waals surface area contributed by atoms with Crippen molar-refractivity contribution in [3.05, 3.63) is 0 Å². The summed E-state index contributed by atoms with van der Waals surface area (Å²) >= 11 is 0. The van der Waals surface area contributed by atoms with Gasteiger partial charge in [-0.05, 0) is 37.5 Å². The van der Waals surface area contributed by atoms with Crippen molar-refractivity contribution in [1.29, 1.82) is 0 Å². The highest BCUT2D eigenvalue weighted by atomic mass is 16.3. The predicted octanol–water partition coefficient (Wildman–Crippen LogP) is 3.39. The van der Waals surface area contributed by atoms with Gasteiger partial charge >= 0.3 is 6.03 Å². The molecule has 0 bridgehead atoms. The van der Waals surface area contributed by atoms with Crippen LogP contribution in [0.1, 0.15) is 66.7 Å². The first-order valence-electron chi connectivity index (χ1n) is 8.45.